The molecule has 3 heteroatoms. The number of carbonyl (C=O) groups is 1. The fourth-order valence-electron chi connectivity index (χ4n) is 0.359. The van der Waals surface area contributed by atoms with Gasteiger partial charge in [-0.15, -0.1) is 0 Å². The lowest BCUT2D eigenvalue weighted by molar-refractivity contribution is -0.145. The third kappa shape index (κ3) is 5.30. The largest absolute Gasteiger partial charge is 0.467 e. The van der Waals surface area contributed by atoms with Gasteiger partial charge in [-0.25, -0.2) is 4.79 Å². The van der Waals surface area contributed by atoms with E-state index in [1.807, 2.05) is 6.92 Å². The number of ether oxygens (including phenoxy) is 2. The Morgan fingerprint density at radius 1 is 1.56 bits per heavy atom. The van der Waals surface area contributed by atoms with Crippen LogP contribution in [0.4, 0.5) is 0 Å². The summed E-state index contributed by atoms with van der Waals surface area (Å²) < 4.78 is 9.19. The third-order valence-corrected chi connectivity index (χ3v) is 0.796. The molecule has 0 fully saturated rings. The topological polar surface area (TPSA) is 35.5 Å². The molecular weight excluding hydrogens is 120 g/mol. The highest BCUT2D eigenvalue weighted by molar-refractivity contribution is 5.70. The third-order valence-electron chi connectivity index (χ3n) is 0.796. The van der Waals surface area contributed by atoms with Crippen molar-refractivity contribution < 1.29 is 14.3 Å². The maximum atomic E-state index is 10.3. The van der Waals surface area contributed by atoms with E-state index in [0.717, 1.165) is 6.42 Å². The van der Waals surface area contributed by atoms with Crippen molar-refractivity contribution in [2.24, 2.45) is 0 Å². The summed E-state index contributed by atoms with van der Waals surface area (Å²) >= 11 is 0. The lowest BCUT2D eigenvalue weighted by Crippen LogP contribution is -2.10. The van der Waals surface area contributed by atoms with E-state index in [0.29, 0.717) is 6.61 Å². The molecule has 0 aliphatic rings. The standard InChI is InChI=1S/C6H12O3/c1-3-4-9-5-6(7)8-2/h3-5H2,1-2H3. The highest BCUT2D eigenvalue weighted by Gasteiger charge is 1.96. The Balaban J connectivity index is 2.97. The molecule has 0 bridgehead atoms. The molecule has 0 aromatic rings. The molecule has 0 radical (unpaired) electrons. The molecule has 3 nitrogen and oxygen atoms in total. The number of rotatable bonds is 4. The predicted molar refractivity (Wildman–Crippen MR) is 33.1 cm³/mol. The molecule has 0 N–H and O–H groups in total. The van der Waals surface area contributed by atoms with Crippen molar-refractivity contribution in [1.82, 2.24) is 0 Å². The predicted octanol–water partition coefficient (Wildman–Crippen LogP) is 0.586. The molecule has 0 rings (SSSR count). The van der Waals surface area contributed by atoms with Gasteiger partial charge in [0.1, 0.15) is 6.61 Å². The molecule has 0 aliphatic carbocycles. The Kier molecular flexibility index (Phi) is 5.21. The van der Waals surface area contributed by atoms with Gasteiger partial charge in [-0.05, 0) is 6.42 Å². The highest BCUT2D eigenvalue weighted by Crippen LogP contribution is 1.81. The monoisotopic (exact) mass is 132 g/mol. The minimum Gasteiger partial charge on any atom is -0.467 e. The van der Waals surface area contributed by atoms with Crippen molar-refractivity contribution in [3.63, 3.8) is 0 Å². The molecule has 0 amide bonds. The van der Waals surface area contributed by atoms with Crippen molar-refractivity contribution in [2.75, 3.05) is 20.3 Å². The summed E-state index contributed by atoms with van der Waals surface area (Å²) in [6, 6.07) is 0. The second kappa shape index (κ2) is 5.56. The molecule has 0 aromatic carbocycles. The van der Waals surface area contributed by atoms with E-state index in [1.54, 1.807) is 0 Å². The van der Waals surface area contributed by atoms with Crippen molar-refractivity contribution >= 4 is 5.97 Å². The fourth-order valence-corrected chi connectivity index (χ4v) is 0.359. The van der Waals surface area contributed by atoms with Crippen LogP contribution in [0.2, 0.25) is 0 Å². The van der Waals surface area contributed by atoms with Gasteiger partial charge in [0.25, 0.3) is 0 Å². The van der Waals surface area contributed by atoms with Crippen LogP contribution in [-0.4, -0.2) is 26.3 Å². The molecule has 0 unspecified atom stereocenters. The van der Waals surface area contributed by atoms with Gasteiger partial charge in [0, 0.05) is 6.61 Å². The second-order valence-electron chi connectivity index (χ2n) is 1.63. The first-order chi connectivity index (χ1) is 4.31. The van der Waals surface area contributed by atoms with Crippen molar-refractivity contribution in [3.8, 4) is 0 Å². The lowest BCUT2D eigenvalue weighted by atomic mass is 10.5. The summed E-state index contributed by atoms with van der Waals surface area (Å²) in [6.45, 7) is 2.68. The van der Waals surface area contributed by atoms with Crippen molar-refractivity contribution in [3.05, 3.63) is 0 Å². The molecule has 0 atom stereocenters. The van der Waals surface area contributed by atoms with Crippen LogP contribution in [0, 0.1) is 0 Å². The quantitative estimate of drug-likeness (QED) is 0.414. The zero-order valence-electron chi connectivity index (χ0n) is 5.85. The summed E-state index contributed by atoms with van der Waals surface area (Å²) in [5.41, 5.74) is 0. The van der Waals surface area contributed by atoms with Gasteiger partial charge in [0.05, 0.1) is 7.11 Å². The smallest absolute Gasteiger partial charge is 0.331 e. The maximum absolute atomic E-state index is 10.3. The van der Waals surface area contributed by atoms with Gasteiger partial charge >= 0.3 is 5.97 Å². The van der Waals surface area contributed by atoms with Crippen LogP contribution in [0.25, 0.3) is 0 Å². The molecule has 54 valence electrons. The van der Waals surface area contributed by atoms with Crippen LogP contribution >= 0.6 is 0 Å². The van der Waals surface area contributed by atoms with E-state index in [4.69, 9.17) is 4.74 Å². The van der Waals surface area contributed by atoms with Gasteiger partial charge in [0.15, 0.2) is 0 Å². The molecular formula is C6H12O3. The first kappa shape index (κ1) is 8.43. The number of carbonyl (C=O) groups excluding carboxylic acids is 1. The Bertz CT molecular complexity index is 80.4. The Morgan fingerprint density at radius 2 is 2.22 bits per heavy atom. The van der Waals surface area contributed by atoms with Crippen molar-refractivity contribution in [1.29, 1.82) is 0 Å². The number of hydrogen-bond donors (Lipinski definition) is 0. The number of hydrogen-bond acceptors (Lipinski definition) is 3. The van der Waals surface area contributed by atoms with E-state index < -0.39 is 0 Å². The summed E-state index contributed by atoms with van der Waals surface area (Å²) in [7, 11) is 1.34. The van der Waals surface area contributed by atoms with Crippen LogP contribution in [0.3, 0.4) is 0 Å². The molecule has 0 saturated carbocycles. The molecule has 0 aromatic heterocycles. The summed E-state index contributed by atoms with van der Waals surface area (Å²) in [4.78, 5) is 10.3. The summed E-state index contributed by atoms with van der Waals surface area (Å²) in [5.74, 6) is -0.316. The van der Waals surface area contributed by atoms with Crippen LogP contribution in [0.15, 0.2) is 0 Å². The molecule has 0 heterocycles. The van der Waals surface area contributed by atoms with Crippen LogP contribution < -0.4 is 0 Å². The average Bonchev–Trinajstić information content (AvgIpc) is 1.89. The average molecular weight is 132 g/mol. The van der Waals surface area contributed by atoms with Crippen LogP contribution in [0.1, 0.15) is 13.3 Å². The van der Waals surface area contributed by atoms with E-state index in [-0.39, 0.29) is 12.6 Å². The molecule has 0 aliphatic heterocycles. The second-order valence-corrected chi connectivity index (χ2v) is 1.63. The molecule has 0 saturated heterocycles. The van der Waals surface area contributed by atoms with Gasteiger partial charge in [-0.2, -0.15) is 0 Å². The number of esters is 1. The Hall–Kier alpha value is -0.570. The molecule has 0 spiro atoms. The van der Waals surface area contributed by atoms with E-state index in [9.17, 15) is 4.79 Å². The fraction of sp³-hybridized carbons (Fsp3) is 0.833. The highest BCUT2D eigenvalue weighted by atomic mass is 16.6. The van der Waals surface area contributed by atoms with Crippen molar-refractivity contribution in [2.45, 2.75) is 13.3 Å². The van der Waals surface area contributed by atoms with E-state index >= 15 is 0 Å². The van der Waals surface area contributed by atoms with E-state index in [1.165, 1.54) is 7.11 Å². The normalized spacial score (nSPS) is 9.11. The van der Waals surface area contributed by atoms with Gasteiger partial charge in [0.2, 0.25) is 0 Å². The van der Waals surface area contributed by atoms with Gasteiger partial charge in [-0.1, -0.05) is 6.92 Å². The van der Waals surface area contributed by atoms with Gasteiger partial charge < -0.3 is 9.47 Å². The Labute approximate surface area is 55.0 Å². The van der Waals surface area contributed by atoms with Crippen LogP contribution in [-0.2, 0) is 14.3 Å². The minimum absolute atomic E-state index is 0.0737. The lowest BCUT2D eigenvalue weighted by Gasteiger charge is -1.98. The first-order valence-corrected chi connectivity index (χ1v) is 2.95. The Morgan fingerprint density at radius 3 is 2.67 bits per heavy atom. The number of methoxy groups -OCH3 is 1. The zero-order valence-corrected chi connectivity index (χ0v) is 5.85. The van der Waals surface area contributed by atoms with Crippen LogP contribution in [0.5, 0.6) is 0 Å². The first-order valence-electron chi connectivity index (χ1n) is 2.95. The molecule has 9 heavy (non-hydrogen) atoms. The zero-order chi connectivity index (χ0) is 7.11. The van der Waals surface area contributed by atoms with E-state index in [2.05, 4.69) is 4.74 Å². The maximum Gasteiger partial charge on any atom is 0.331 e. The summed E-state index contributed by atoms with van der Waals surface area (Å²) in [6.07, 6.45) is 0.928. The minimum atomic E-state index is -0.316. The summed E-state index contributed by atoms with van der Waals surface area (Å²) in [5, 5.41) is 0. The van der Waals surface area contributed by atoms with Gasteiger partial charge in [-0.3, -0.25) is 0 Å². The SMILES string of the molecule is CCCOCC(=O)OC.